The van der Waals surface area contributed by atoms with Crippen LogP contribution in [0.15, 0.2) is 36.4 Å². The van der Waals surface area contributed by atoms with Crippen molar-refractivity contribution < 1.29 is 14.6 Å². The van der Waals surface area contributed by atoms with Gasteiger partial charge in [0.05, 0.1) is 7.11 Å². The first-order valence-corrected chi connectivity index (χ1v) is 5.53. The molecule has 0 aliphatic heterocycles. The number of hydrogen-bond acceptors (Lipinski definition) is 4. The van der Waals surface area contributed by atoms with Crippen molar-refractivity contribution in [2.24, 2.45) is 0 Å². The Labute approximate surface area is 109 Å². The van der Waals surface area contributed by atoms with Crippen molar-refractivity contribution in [3.8, 4) is 16.9 Å². The van der Waals surface area contributed by atoms with Gasteiger partial charge in [0, 0.05) is 0 Å². The number of aromatic nitrogens is 1. The number of hydrogen-bond donors (Lipinski definition) is 1. The van der Waals surface area contributed by atoms with Crippen molar-refractivity contribution in [2.75, 3.05) is 7.11 Å². The van der Waals surface area contributed by atoms with Crippen molar-refractivity contribution in [3.63, 3.8) is 0 Å². The molecule has 0 atom stereocenters. The van der Waals surface area contributed by atoms with Crippen LogP contribution in [0.25, 0.3) is 11.1 Å². The average molecular weight is 264 g/mol. The summed E-state index contributed by atoms with van der Waals surface area (Å²) in [5.41, 5.74) is 1.70. The van der Waals surface area contributed by atoms with Gasteiger partial charge in [-0.2, -0.15) is 0 Å². The molecule has 0 bridgehead atoms. The number of ether oxygens (including phenoxy) is 1. The molecule has 5 heteroatoms. The molecule has 0 amide bonds. The van der Waals surface area contributed by atoms with E-state index < -0.39 is 5.97 Å². The molecule has 1 aromatic carbocycles. The van der Waals surface area contributed by atoms with Crippen molar-refractivity contribution in [1.29, 1.82) is 0 Å². The molecule has 0 saturated heterocycles. The molecule has 18 heavy (non-hydrogen) atoms. The predicted molar refractivity (Wildman–Crippen MR) is 67.7 cm³/mol. The number of rotatable bonds is 2. The van der Waals surface area contributed by atoms with Crippen molar-refractivity contribution >= 4 is 17.6 Å². The Morgan fingerprint density at radius 2 is 1.89 bits per heavy atom. The third-order valence-corrected chi connectivity index (χ3v) is 2.58. The second-order valence-corrected chi connectivity index (χ2v) is 3.99. The summed E-state index contributed by atoms with van der Waals surface area (Å²) < 4.78 is 4.60. The highest BCUT2D eigenvalue weighted by Gasteiger charge is 2.11. The Hall–Kier alpha value is -2.07. The van der Waals surface area contributed by atoms with E-state index in [-0.39, 0.29) is 16.6 Å². The van der Waals surface area contributed by atoms with E-state index in [9.17, 15) is 9.90 Å². The molecule has 0 spiro atoms. The van der Waals surface area contributed by atoms with E-state index in [2.05, 4.69) is 9.72 Å². The highest BCUT2D eigenvalue weighted by molar-refractivity contribution is 6.29. The summed E-state index contributed by atoms with van der Waals surface area (Å²) in [7, 11) is 1.28. The molecule has 1 heterocycles. The summed E-state index contributed by atoms with van der Waals surface area (Å²) >= 11 is 5.86. The van der Waals surface area contributed by atoms with Gasteiger partial charge in [-0.3, -0.25) is 0 Å². The molecule has 0 radical (unpaired) electrons. The van der Waals surface area contributed by atoms with E-state index >= 15 is 0 Å². The fraction of sp³-hybridized carbons (Fsp3) is 0.0769. The van der Waals surface area contributed by atoms with Crippen LogP contribution in [0.5, 0.6) is 5.75 Å². The van der Waals surface area contributed by atoms with Crippen molar-refractivity contribution in [2.45, 2.75) is 0 Å². The summed E-state index contributed by atoms with van der Waals surface area (Å²) in [5, 5.41) is 9.44. The van der Waals surface area contributed by atoms with Crippen LogP contribution in [0.2, 0.25) is 5.15 Å². The summed E-state index contributed by atoms with van der Waals surface area (Å²) in [5.74, 6) is -0.371. The molecule has 2 aromatic rings. The number of methoxy groups -OCH3 is 1. The van der Waals surface area contributed by atoms with Crippen LogP contribution in [0, 0.1) is 0 Å². The van der Waals surface area contributed by atoms with Crippen LogP contribution in [-0.2, 0) is 4.74 Å². The lowest BCUT2D eigenvalue weighted by Crippen LogP contribution is -2.04. The van der Waals surface area contributed by atoms with Gasteiger partial charge < -0.3 is 9.84 Å². The molecule has 0 aliphatic carbocycles. The zero-order chi connectivity index (χ0) is 13.1. The Kier molecular flexibility index (Phi) is 3.48. The van der Waals surface area contributed by atoms with Crippen LogP contribution in [0.1, 0.15) is 10.5 Å². The monoisotopic (exact) mass is 263 g/mol. The molecule has 92 valence electrons. The number of esters is 1. The molecule has 4 nitrogen and oxygen atoms in total. The minimum absolute atomic E-state index is 0.146. The van der Waals surface area contributed by atoms with Gasteiger partial charge in [-0.1, -0.05) is 23.7 Å². The third-order valence-electron chi connectivity index (χ3n) is 2.39. The molecule has 0 aliphatic rings. The van der Waals surface area contributed by atoms with E-state index in [4.69, 9.17) is 11.6 Å². The van der Waals surface area contributed by atoms with E-state index in [1.807, 2.05) is 0 Å². The predicted octanol–water partition coefficient (Wildman–Crippen LogP) is 2.89. The van der Waals surface area contributed by atoms with Gasteiger partial charge in [-0.25, -0.2) is 9.78 Å². The summed E-state index contributed by atoms with van der Waals surface area (Å²) in [6.07, 6.45) is 0. The number of aromatic hydroxyl groups is 1. The lowest BCUT2D eigenvalue weighted by atomic mass is 10.1. The van der Waals surface area contributed by atoms with Crippen LogP contribution in [0.3, 0.4) is 0 Å². The number of carbonyl (C=O) groups excluding carboxylic acids is 1. The Morgan fingerprint density at radius 3 is 2.50 bits per heavy atom. The standard InChI is InChI=1S/C13H10ClNO3/c1-18-13(17)11-6-9(7-12(14)15-11)8-2-4-10(16)5-3-8/h2-7,16H,1H3. The number of carbonyl (C=O) groups is 1. The van der Waals surface area contributed by atoms with E-state index in [1.54, 1.807) is 36.4 Å². The number of pyridine rings is 1. The number of phenolic OH excluding ortho intramolecular Hbond substituents is 1. The lowest BCUT2D eigenvalue weighted by molar-refractivity contribution is 0.0594. The lowest BCUT2D eigenvalue weighted by Gasteiger charge is -2.05. The maximum Gasteiger partial charge on any atom is 0.356 e. The molecule has 0 unspecified atom stereocenters. The fourth-order valence-corrected chi connectivity index (χ4v) is 1.74. The maximum absolute atomic E-state index is 11.4. The minimum atomic E-state index is -0.544. The second kappa shape index (κ2) is 5.06. The summed E-state index contributed by atoms with van der Waals surface area (Å²) in [4.78, 5) is 15.3. The molecule has 2 rings (SSSR count). The Bertz CT molecular complexity index is 581. The van der Waals surface area contributed by atoms with Gasteiger partial charge in [0.25, 0.3) is 0 Å². The number of nitrogens with zero attached hydrogens (tertiary/aromatic N) is 1. The van der Waals surface area contributed by atoms with Gasteiger partial charge >= 0.3 is 5.97 Å². The van der Waals surface area contributed by atoms with E-state index in [0.29, 0.717) is 0 Å². The first kappa shape index (κ1) is 12.4. The molecule has 1 N–H and O–H groups in total. The maximum atomic E-state index is 11.4. The zero-order valence-electron chi connectivity index (χ0n) is 9.55. The topological polar surface area (TPSA) is 59.4 Å². The second-order valence-electron chi connectivity index (χ2n) is 3.60. The highest BCUT2D eigenvalue weighted by Crippen LogP contribution is 2.24. The molecular formula is C13H10ClNO3. The van der Waals surface area contributed by atoms with Crippen LogP contribution >= 0.6 is 11.6 Å². The number of benzene rings is 1. The first-order valence-electron chi connectivity index (χ1n) is 5.15. The smallest absolute Gasteiger partial charge is 0.356 e. The van der Waals surface area contributed by atoms with Crippen LogP contribution in [0.4, 0.5) is 0 Å². The molecule has 1 aromatic heterocycles. The Morgan fingerprint density at radius 1 is 1.22 bits per heavy atom. The van der Waals surface area contributed by atoms with Gasteiger partial charge in [-0.15, -0.1) is 0 Å². The van der Waals surface area contributed by atoms with Crippen LogP contribution in [-0.4, -0.2) is 23.2 Å². The summed E-state index contributed by atoms with van der Waals surface area (Å²) in [6, 6.07) is 9.79. The number of halogens is 1. The molecular weight excluding hydrogens is 254 g/mol. The molecule has 0 fully saturated rings. The molecule has 0 saturated carbocycles. The van der Waals surface area contributed by atoms with E-state index in [1.165, 1.54) is 7.11 Å². The minimum Gasteiger partial charge on any atom is -0.508 e. The average Bonchev–Trinajstić information content (AvgIpc) is 2.38. The van der Waals surface area contributed by atoms with Crippen LogP contribution < -0.4 is 0 Å². The number of phenols is 1. The van der Waals surface area contributed by atoms with Crippen molar-refractivity contribution in [1.82, 2.24) is 4.98 Å². The van der Waals surface area contributed by atoms with Gasteiger partial charge in [0.1, 0.15) is 10.9 Å². The quantitative estimate of drug-likeness (QED) is 0.669. The third kappa shape index (κ3) is 2.60. The zero-order valence-corrected chi connectivity index (χ0v) is 10.3. The SMILES string of the molecule is COC(=O)c1cc(-c2ccc(O)cc2)cc(Cl)n1. The fourth-order valence-electron chi connectivity index (χ4n) is 1.53. The first-order chi connectivity index (χ1) is 8.60. The van der Waals surface area contributed by atoms with Gasteiger partial charge in [-0.05, 0) is 35.4 Å². The normalized spacial score (nSPS) is 10.1. The van der Waals surface area contributed by atoms with E-state index in [0.717, 1.165) is 11.1 Å². The Balaban J connectivity index is 2.48. The van der Waals surface area contributed by atoms with Crippen molar-refractivity contribution in [3.05, 3.63) is 47.2 Å². The largest absolute Gasteiger partial charge is 0.508 e. The van der Waals surface area contributed by atoms with Gasteiger partial charge in [0.15, 0.2) is 5.69 Å². The van der Waals surface area contributed by atoms with Gasteiger partial charge in [0.2, 0.25) is 0 Å². The summed E-state index contributed by atoms with van der Waals surface area (Å²) in [6.45, 7) is 0. The highest BCUT2D eigenvalue weighted by atomic mass is 35.5.